The number of nitrogens with two attached hydrogens (primary N) is 2. The summed E-state index contributed by atoms with van der Waals surface area (Å²) >= 11 is 6.10. The summed E-state index contributed by atoms with van der Waals surface area (Å²) in [6, 6.07) is 16.6. The van der Waals surface area contributed by atoms with Crippen LogP contribution in [0.15, 0.2) is 71.6 Å². The van der Waals surface area contributed by atoms with Crippen molar-refractivity contribution in [2.24, 2.45) is 17.4 Å². The van der Waals surface area contributed by atoms with Crippen molar-refractivity contribution in [1.29, 1.82) is 5.41 Å². The van der Waals surface area contributed by atoms with Crippen LogP contribution >= 0.6 is 11.6 Å². The minimum atomic E-state index is -4.36. The average Bonchev–Trinajstić information content (AvgIpc) is 3.06. The molecule has 0 saturated carbocycles. The van der Waals surface area contributed by atoms with Gasteiger partial charge in [0, 0.05) is 37.5 Å². The minimum absolute atomic E-state index is 0.118. The summed E-state index contributed by atoms with van der Waals surface area (Å²) in [6.45, 7) is 3.12. The summed E-state index contributed by atoms with van der Waals surface area (Å²) in [4.78, 5) is 52.2. The fourth-order valence-corrected chi connectivity index (χ4v) is 7.11. The van der Waals surface area contributed by atoms with Crippen molar-refractivity contribution in [1.82, 2.24) is 14.5 Å². The monoisotopic (exact) mass is 716 g/mol. The van der Waals surface area contributed by atoms with Gasteiger partial charge in [0.25, 0.3) is 5.97 Å². The van der Waals surface area contributed by atoms with Crippen molar-refractivity contribution >= 4 is 62.1 Å². The fraction of sp³-hybridized carbons (Fsp3) is 0.364. The Hall–Kier alpha value is -4.73. The van der Waals surface area contributed by atoms with E-state index in [0.29, 0.717) is 35.4 Å². The molecule has 0 spiro atoms. The zero-order valence-electron chi connectivity index (χ0n) is 27.4. The number of hydrogen-bond donors (Lipinski definition) is 5. The number of hydrogen-bond acceptors (Lipinski definition) is 8. The summed E-state index contributed by atoms with van der Waals surface area (Å²) in [7, 11) is -3.17. The lowest BCUT2D eigenvalue weighted by molar-refractivity contribution is -0.168. The lowest BCUT2D eigenvalue weighted by Gasteiger charge is -2.48. The zero-order valence-corrected chi connectivity index (χ0v) is 29.0. The van der Waals surface area contributed by atoms with E-state index in [1.165, 1.54) is 24.1 Å². The van der Waals surface area contributed by atoms with E-state index in [4.69, 9.17) is 43.1 Å². The number of ether oxygens (including phenoxy) is 1. The van der Waals surface area contributed by atoms with Gasteiger partial charge in [0.05, 0.1) is 18.4 Å². The van der Waals surface area contributed by atoms with Gasteiger partial charge in [-0.25, -0.2) is 13.2 Å². The summed E-state index contributed by atoms with van der Waals surface area (Å²) in [5, 5.41) is 17.3. The van der Waals surface area contributed by atoms with E-state index in [2.05, 4.69) is 4.72 Å². The molecule has 3 atom stereocenters. The number of esters is 1. The topological polar surface area (TPSA) is 226 Å². The van der Waals surface area contributed by atoms with Crippen LogP contribution < -0.4 is 16.2 Å². The summed E-state index contributed by atoms with van der Waals surface area (Å²) in [5.74, 6) is -4.14. The molecule has 1 heterocycles. The van der Waals surface area contributed by atoms with E-state index in [-0.39, 0.29) is 23.9 Å². The molecule has 0 radical (unpaired) electrons. The van der Waals surface area contributed by atoms with E-state index >= 15 is 0 Å². The number of aliphatic carboxylic acids is 1. The molecule has 1 aliphatic heterocycles. The molecule has 1 unspecified atom stereocenters. The molecule has 0 aliphatic carbocycles. The second-order valence-corrected chi connectivity index (χ2v) is 13.9. The molecule has 264 valence electrons. The van der Waals surface area contributed by atoms with Gasteiger partial charge in [0.15, 0.2) is 5.96 Å². The number of halogens is 1. The Morgan fingerprint density at radius 1 is 1.10 bits per heavy atom. The van der Waals surface area contributed by atoms with Gasteiger partial charge in [-0.15, -0.1) is 0 Å². The van der Waals surface area contributed by atoms with Crippen molar-refractivity contribution in [3.05, 3.63) is 77.3 Å². The molecule has 16 heteroatoms. The number of methoxy groups -OCH3 is 1. The SMILES string of the molecule is CC(=O)O.COC(=O)C(C)([C@H]1CCCN(C(=N)N)C1)N(Cc1ccc(Cl)cc1)C(=O)[C@H](CC(N)=O)NS(=O)(=O)c1ccc2ccccc2c1. The first-order valence-corrected chi connectivity index (χ1v) is 17.1. The van der Waals surface area contributed by atoms with Gasteiger partial charge in [-0.2, -0.15) is 4.72 Å². The number of guanidine groups is 1. The Morgan fingerprint density at radius 3 is 2.29 bits per heavy atom. The van der Waals surface area contributed by atoms with Crippen molar-refractivity contribution in [2.45, 2.75) is 56.1 Å². The molecule has 3 aromatic carbocycles. The molecular weight excluding hydrogens is 676 g/mol. The highest BCUT2D eigenvalue weighted by atomic mass is 35.5. The fourth-order valence-electron chi connectivity index (χ4n) is 5.76. The highest BCUT2D eigenvalue weighted by Gasteiger charge is 2.52. The normalized spacial score (nSPS) is 16.3. The number of fused-ring (bicyclic) bond motifs is 1. The Bertz CT molecular complexity index is 1800. The number of piperidine rings is 1. The number of carbonyl (C=O) groups is 4. The third-order valence-corrected chi connectivity index (χ3v) is 9.99. The molecular formula is C33H41ClN6O8S. The highest BCUT2D eigenvalue weighted by molar-refractivity contribution is 7.89. The van der Waals surface area contributed by atoms with Crippen LogP contribution in [0.3, 0.4) is 0 Å². The van der Waals surface area contributed by atoms with Gasteiger partial charge in [-0.1, -0.05) is 54.1 Å². The molecule has 0 bridgehead atoms. The van der Waals surface area contributed by atoms with Gasteiger partial charge in [-0.05, 0) is 60.4 Å². The number of amides is 2. The number of primary amides is 1. The van der Waals surface area contributed by atoms with Crippen molar-refractivity contribution in [2.75, 3.05) is 20.2 Å². The van der Waals surface area contributed by atoms with Crippen molar-refractivity contribution < 1.29 is 37.4 Å². The number of rotatable bonds is 11. The minimum Gasteiger partial charge on any atom is -0.481 e. The van der Waals surface area contributed by atoms with Crippen LogP contribution in [0.2, 0.25) is 5.02 Å². The Kier molecular flexibility index (Phi) is 13.1. The number of nitrogens with one attached hydrogen (secondary N) is 2. The predicted octanol–water partition coefficient (Wildman–Crippen LogP) is 2.67. The Morgan fingerprint density at radius 2 is 1.71 bits per heavy atom. The molecule has 7 N–H and O–H groups in total. The zero-order chi connectivity index (χ0) is 36.5. The summed E-state index contributed by atoms with van der Waals surface area (Å²) in [6.07, 6.45) is 0.368. The standard InChI is InChI=1S/C31H37ClN6O6S.C2H4O2/c1-31(29(41)44-2,23-8-5-15-37(19-23)30(34)35)38(18-20-9-12-24(32)13-10-20)28(40)26(17-27(33)39)36-45(42,43)25-14-11-21-6-3-4-7-22(21)16-25;1-2(3)4/h3-4,6-7,9-14,16,23,26,36H,5,8,15,17-19H2,1-2H3,(H2,33,39)(H3,34,35);1H3,(H,3,4)/t23-,26-,31?;/m0./s1. The third kappa shape index (κ3) is 9.90. The van der Waals surface area contributed by atoms with Crippen LogP contribution in [0.5, 0.6) is 0 Å². The number of sulfonamides is 1. The molecule has 2 amide bonds. The van der Waals surface area contributed by atoms with Crippen LogP contribution in [-0.4, -0.2) is 84.8 Å². The first-order valence-electron chi connectivity index (χ1n) is 15.2. The number of likely N-dealkylation sites (tertiary alicyclic amines) is 1. The number of carbonyl (C=O) groups excluding carboxylic acids is 3. The Balaban J connectivity index is 0.00000154. The quantitative estimate of drug-likeness (QED) is 0.111. The van der Waals surface area contributed by atoms with Gasteiger partial charge < -0.3 is 31.1 Å². The second kappa shape index (κ2) is 16.6. The first kappa shape index (κ1) is 38.7. The molecule has 0 aromatic heterocycles. The number of nitrogens with zero attached hydrogens (tertiary/aromatic N) is 2. The molecule has 14 nitrogen and oxygen atoms in total. The molecule has 1 aliphatic rings. The van der Waals surface area contributed by atoms with Crippen LogP contribution in [0, 0.1) is 11.3 Å². The second-order valence-electron chi connectivity index (χ2n) is 11.7. The van der Waals surface area contributed by atoms with Crippen LogP contribution in [0.25, 0.3) is 10.8 Å². The maximum absolute atomic E-state index is 14.6. The maximum atomic E-state index is 14.6. The van der Waals surface area contributed by atoms with E-state index in [9.17, 15) is 22.8 Å². The smallest absolute Gasteiger partial charge is 0.331 e. The van der Waals surface area contributed by atoms with Crippen molar-refractivity contribution in [3.8, 4) is 0 Å². The molecule has 3 aromatic rings. The highest BCUT2D eigenvalue weighted by Crippen LogP contribution is 2.36. The molecule has 4 rings (SSSR count). The Labute approximate surface area is 289 Å². The molecule has 1 saturated heterocycles. The van der Waals surface area contributed by atoms with Gasteiger partial charge in [0.2, 0.25) is 21.8 Å². The third-order valence-electron chi connectivity index (χ3n) is 8.27. The number of carboxylic acids is 1. The largest absolute Gasteiger partial charge is 0.481 e. The lowest BCUT2D eigenvalue weighted by Crippen LogP contribution is -2.65. The van der Waals surface area contributed by atoms with Crippen LogP contribution in [0.4, 0.5) is 0 Å². The van der Waals surface area contributed by atoms with Gasteiger partial charge in [-0.3, -0.25) is 19.8 Å². The maximum Gasteiger partial charge on any atom is 0.331 e. The summed E-state index contributed by atoms with van der Waals surface area (Å²) < 4.78 is 34.9. The predicted molar refractivity (Wildman–Crippen MR) is 184 cm³/mol. The van der Waals surface area contributed by atoms with Gasteiger partial charge in [0.1, 0.15) is 11.6 Å². The van der Waals surface area contributed by atoms with E-state index in [1.54, 1.807) is 54.3 Å². The van der Waals surface area contributed by atoms with Crippen LogP contribution in [-0.2, 0) is 40.5 Å². The van der Waals surface area contributed by atoms with Crippen molar-refractivity contribution in [3.63, 3.8) is 0 Å². The number of carboxylic acid groups (broad SMARTS) is 1. The van der Waals surface area contributed by atoms with E-state index in [0.717, 1.165) is 12.3 Å². The average molecular weight is 717 g/mol. The molecule has 1 fully saturated rings. The van der Waals surface area contributed by atoms with E-state index < -0.39 is 57.7 Å². The molecule has 49 heavy (non-hydrogen) atoms. The lowest BCUT2D eigenvalue weighted by atomic mass is 9.78. The summed E-state index contributed by atoms with van der Waals surface area (Å²) in [5.41, 5.74) is 10.2. The van der Waals surface area contributed by atoms with E-state index in [1.807, 2.05) is 12.1 Å². The van der Waals surface area contributed by atoms with Gasteiger partial charge >= 0.3 is 5.97 Å². The van der Waals surface area contributed by atoms with Crippen LogP contribution in [0.1, 0.15) is 38.7 Å². The number of benzene rings is 3. The first-order chi connectivity index (χ1) is 23.0.